The molecule has 1 saturated heterocycles. The van der Waals surface area contributed by atoms with Gasteiger partial charge in [0.1, 0.15) is 5.82 Å². The van der Waals surface area contributed by atoms with Crippen molar-refractivity contribution in [2.45, 2.75) is 43.9 Å². The summed E-state index contributed by atoms with van der Waals surface area (Å²) in [5.41, 5.74) is 0.779. The van der Waals surface area contributed by atoms with Crippen LogP contribution in [0.3, 0.4) is 0 Å². The van der Waals surface area contributed by atoms with Crippen molar-refractivity contribution in [1.29, 1.82) is 0 Å². The van der Waals surface area contributed by atoms with Crippen LogP contribution in [0.15, 0.2) is 6.20 Å². The lowest BCUT2D eigenvalue weighted by Crippen LogP contribution is -2.26. The van der Waals surface area contributed by atoms with Crippen molar-refractivity contribution in [2.75, 3.05) is 5.75 Å². The molecule has 0 radical (unpaired) electrons. The molecule has 1 fully saturated rings. The fourth-order valence-electron chi connectivity index (χ4n) is 3.12. The van der Waals surface area contributed by atoms with E-state index >= 15 is 0 Å². The third kappa shape index (κ3) is 2.46. The fraction of sp³-hybridized carbons (Fsp3) is 0.692. The first-order valence-electron chi connectivity index (χ1n) is 6.95. The van der Waals surface area contributed by atoms with Crippen molar-refractivity contribution in [3.05, 3.63) is 17.7 Å². The number of sulfone groups is 1. The van der Waals surface area contributed by atoms with E-state index in [0.717, 1.165) is 17.9 Å². The number of aliphatic carboxylic acids is 1. The molecule has 1 N–H and O–H groups in total. The molecule has 2 aliphatic heterocycles. The van der Waals surface area contributed by atoms with Crippen LogP contribution < -0.4 is 0 Å². The van der Waals surface area contributed by atoms with Crippen LogP contribution in [-0.4, -0.2) is 40.0 Å². The smallest absolute Gasteiger partial charge is 0.308 e. The molecule has 0 amide bonds. The maximum Gasteiger partial charge on any atom is 0.308 e. The monoisotopic (exact) mass is 298 g/mol. The van der Waals surface area contributed by atoms with Crippen LogP contribution in [0.4, 0.5) is 0 Å². The predicted molar refractivity (Wildman–Crippen MR) is 72.2 cm³/mol. The highest BCUT2D eigenvalue weighted by atomic mass is 32.2. The second-order valence-corrected chi connectivity index (χ2v) is 8.11. The first-order valence-corrected chi connectivity index (χ1v) is 8.66. The molecule has 7 heteroatoms. The molecule has 3 rings (SSSR count). The van der Waals surface area contributed by atoms with Gasteiger partial charge in [0, 0.05) is 25.6 Å². The van der Waals surface area contributed by atoms with Gasteiger partial charge in [0.2, 0.25) is 0 Å². The number of hydrogen-bond donors (Lipinski definition) is 1. The Morgan fingerprint density at radius 1 is 1.45 bits per heavy atom. The number of carboxylic acid groups (broad SMARTS) is 1. The van der Waals surface area contributed by atoms with Crippen molar-refractivity contribution < 1.29 is 18.3 Å². The summed E-state index contributed by atoms with van der Waals surface area (Å²) in [6.07, 6.45) is 4.99. The number of aryl methyl sites for hydroxylation is 1. The van der Waals surface area contributed by atoms with Gasteiger partial charge >= 0.3 is 5.97 Å². The Morgan fingerprint density at radius 2 is 2.25 bits per heavy atom. The SMILES string of the molecule is O=C(O)C1CCc2nc(CC3CCCS3(=O)=O)cn2C1. The van der Waals surface area contributed by atoms with Gasteiger partial charge in [-0.15, -0.1) is 0 Å². The third-order valence-electron chi connectivity index (χ3n) is 4.29. The van der Waals surface area contributed by atoms with Crippen molar-refractivity contribution in [1.82, 2.24) is 9.55 Å². The van der Waals surface area contributed by atoms with Crippen molar-refractivity contribution >= 4 is 15.8 Å². The Hall–Kier alpha value is -1.37. The summed E-state index contributed by atoms with van der Waals surface area (Å²) < 4.78 is 25.6. The molecule has 1 aromatic rings. The van der Waals surface area contributed by atoms with E-state index in [1.165, 1.54) is 0 Å². The van der Waals surface area contributed by atoms with E-state index in [0.29, 0.717) is 32.2 Å². The molecule has 3 heterocycles. The summed E-state index contributed by atoms with van der Waals surface area (Å²) in [5.74, 6) is 0.0312. The van der Waals surface area contributed by atoms with Crippen LogP contribution in [0.25, 0.3) is 0 Å². The standard InChI is InChI=1S/C13H18N2O4S/c16-13(17)9-3-4-12-14-10(8-15(12)7-9)6-11-2-1-5-20(11,18)19/h8-9,11H,1-7H2,(H,16,17). The minimum Gasteiger partial charge on any atom is -0.481 e. The summed E-state index contributed by atoms with van der Waals surface area (Å²) in [6, 6.07) is 0. The minimum absolute atomic E-state index is 0.284. The lowest BCUT2D eigenvalue weighted by Gasteiger charge is -2.19. The first kappa shape index (κ1) is 13.6. The van der Waals surface area contributed by atoms with Gasteiger partial charge in [-0.2, -0.15) is 0 Å². The Bertz CT molecular complexity index is 635. The molecule has 0 aromatic carbocycles. The van der Waals surface area contributed by atoms with E-state index in [1.54, 1.807) is 0 Å². The average Bonchev–Trinajstić information content (AvgIpc) is 2.92. The van der Waals surface area contributed by atoms with Gasteiger partial charge in [-0.1, -0.05) is 0 Å². The molecule has 1 aromatic heterocycles. The van der Waals surface area contributed by atoms with E-state index in [1.807, 2.05) is 10.8 Å². The molecule has 0 bridgehead atoms. The first-order chi connectivity index (χ1) is 9.45. The Morgan fingerprint density at radius 3 is 2.90 bits per heavy atom. The Balaban J connectivity index is 1.76. The van der Waals surface area contributed by atoms with Gasteiger partial charge in [-0.05, 0) is 19.3 Å². The zero-order valence-electron chi connectivity index (χ0n) is 11.2. The number of hydrogen-bond acceptors (Lipinski definition) is 4. The molecular weight excluding hydrogens is 280 g/mol. The number of rotatable bonds is 3. The predicted octanol–water partition coefficient (Wildman–Crippen LogP) is 0.650. The highest BCUT2D eigenvalue weighted by Crippen LogP contribution is 2.25. The number of nitrogens with zero attached hydrogens (tertiary/aromatic N) is 2. The summed E-state index contributed by atoms with van der Waals surface area (Å²) in [5, 5.41) is 8.75. The zero-order chi connectivity index (χ0) is 14.3. The van der Waals surface area contributed by atoms with Crippen molar-refractivity contribution in [3.8, 4) is 0 Å². The van der Waals surface area contributed by atoms with Gasteiger partial charge in [0.05, 0.1) is 22.6 Å². The molecule has 2 atom stereocenters. The Kier molecular flexibility index (Phi) is 3.32. The van der Waals surface area contributed by atoms with Crippen LogP contribution >= 0.6 is 0 Å². The topological polar surface area (TPSA) is 89.3 Å². The fourth-order valence-corrected chi connectivity index (χ4v) is 4.98. The van der Waals surface area contributed by atoms with Crippen LogP contribution in [0, 0.1) is 5.92 Å². The van der Waals surface area contributed by atoms with Gasteiger partial charge in [-0.3, -0.25) is 4.79 Å². The van der Waals surface area contributed by atoms with Gasteiger partial charge in [0.25, 0.3) is 0 Å². The largest absolute Gasteiger partial charge is 0.481 e. The van der Waals surface area contributed by atoms with E-state index in [9.17, 15) is 13.2 Å². The van der Waals surface area contributed by atoms with Gasteiger partial charge in [-0.25, -0.2) is 13.4 Å². The maximum absolute atomic E-state index is 11.8. The normalized spacial score (nSPS) is 28.2. The Labute approximate surface area is 117 Å². The molecule has 0 aliphatic carbocycles. The molecule has 6 nitrogen and oxygen atoms in total. The van der Waals surface area contributed by atoms with E-state index in [4.69, 9.17) is 5.11 Å². The molecule has 20 heavy (non-hydrogen) atoms. The summed E-state index contributed by atoms with van der Waals surface area (Å²) >= 11 is 0. The second-order valence-electron chi connectivity index (χ2n) is 5.71. The lowest BCUT2D eigenvalue weighted by atomic mass is 10.00. The van der Waals surface area contributed by atoms with E-state index in [2.05, 4.69) is 4.98 Å². The van der Waals surface area contributed by atoms with Crippen molar-refractivity contribution in [2.24, 2.45) is 5.92 Å². The molecule has 110 valence electrons. The summed E-state index contributed by atoms with van der Waals surface area (Å²) in [7, 11) is -2.95. The second kappa shape index (κ2) is 4.87. The van der Waals surface area contributed by atoms with E-state index < -0.39 is 15.8 Å². The number of aromatic nitrogens is 2. The van der Waals surface area contributed by atoms with Crippen LogP contribution in [0.1, 0.15) is 30.8 Å². The van der Waals surface area contributed by atoms with Gasteiger partial charge in [0.15, 0.2) is 9.84 Å². The summed E-state index contributed by atoms with van der Waals surface area (Å²) in [4.78, 5) is 15.5. The van der Waals surface area contributed by atoms with Crippen LogP contribution in [0.5, 0.6) is 0 Å². The zero-order valence-corrected chi connectivity index (χ0v) is 12.0. The number of carboxylic acids is 1. The van der Waals surface area contributed by atoms with Crippen LogP contribution in [0.2, 0.25) is 0 Å². The number of carbonyl (C=O) groups is 1. The molecule has 0 saturated carbocycles. The summed E-state index contributed by atoms with van der Waals surface area (Å²) in [6.45, 7) is 0.440. The quantitative estimate of drug-likeness (QED) is 0.885. The number of fused-ring (bicyclic) bond motifs is 1. The molecule has 2 unspecified atom stereocenters. The lowest BCUT2D eigenvalue weighted by molar-refractivity contribution is -0.142. The maximum atomic E-state index is 11.8. The van der Waals surface area contributed by atoms with E-state index in [-0.39, 0.29) is 16.9 Å². The molecule has 2 aliphatic rings. The third-order valence-corrected chi connectivity index (χ3v) is 6.57. The highest BCUT2D eigenvalue weighted by molar-refractivity contribution is 7.92. The molecule has 0 spiro atoms. The molecular formula is C13H18N2O4S. The van der Waals surface area contributed by atoms with Gasteiger partial charge < -0.3 is 9.67 Å². The minimum atomic E-state index is -2.95. The van der Waals surface area contributed by atoms with Crippen molar-refractivity contribution in [3.63, 3.8) is 0 Å². The highest BCUT2D eigenvalue weighted by Gasteiger charge is 2.32. The van der Waals surface area contributed by atoms with Crippen LogP contribution in [-0.2, 0) is 34.0 Å². The number of imidazole rings is 1. The average molecular weight is 298 g/mol.